The number of carbonyl (C=O) groups excluding carboxylic acids is 4. The fourth-order valence-electron chi connectivity index (χ4n) is 8.34. The number of rotatable bonds is 15. The number of piperidine rings is 1. The summed E-state index contributed by atoms with van der Waals surface area (Å²) in [5, 5.41) is 13.3. The molecule has 4 fully saturated rings. The average Bonchev–Trinajstić information content (AvgIpc) is 3.65. The summed E-state index contributed by atoms with van der Waals surface area (Å²) in [6, 6.07) is 16.7. The van der Waals surface area contributed by atoms with Crippen LogP contribution in [0.2, 0.25) is 5.02 Å². The van der Waals surface area contributed by atoms with Gasteiger partial charge >= 0.3 is 0 Å². The number of hydrogen-bond acceptors (Lipinski definition) is 11. The molecular formula is C39H36ClN5O10S. The smallest absolute Gasteiger partial charge is 0.262 e. The molecule has 1 aromatic heterocycles. The number of nitrogens with one attached hydrogen (secondary N) is 2. The standard InChI is InChI=1S/C39H36ClN5O10S/c1-56(50,51)43-39-19-38(20-39,21-39)22-55-26-3-5-31-23(15-26)8-9-44(31)25-14-24(18-41)34(30(40)16-25)54-13-11-52-10-12-53-27-2-4-28-29(17-27)37(49)45(36(28)48)32-6-7-33(46)42-35(32)47/h2-5,8-9,14-17,32,43H,6-7,10-13,19-22H2,1H3,(H,42,46,47). The third-order valence-corrected chi connectivity index (χ3v) is 11.6. The van der Waals surface area contributed by atoms with Gasteiger partial charge in [0.15, 0.2) is 5.75 Å². The summed E-state index contributed by atoms with van der Waals surface area (Å²) in [4.78, 5) is 50.7. The first-order chi connectivity index (χ1) is 26.8. The lowest BCUT2D eigenvalue weighted by Crippen LogP contribution is -2.76. The van der Waals surface area contributed by atoms with Crippen LogP contribution in [0.1, 0.15) is 58.4 Å². The molecule has 2 bridgehead atoms. The molecule has 3 aliphatic carbocycles. The molecule has 3 saturated carbocycles. The predicted octanol–water partition coefficient (Wildman–Crippen LogP) is 3.88. The fraction of sp³-hybridized carbons (Fsp3) is 0.359. The minimum absolute atomic E-state index is 0.0122. The summed E-state index contributed by atoms with van der Waals surface area (Å²) in [6.45, 7) is 1.08. The minimum atomic E-state index is -3.24. The van der Waals surface area contributed by atoms with E-state index in [0.29, 0.717) is 18.0 Å². The third kappa shape index (κ3) is 7.07. The first-order valence-electron chi connectivity index (χ1n) is 17.9. The van der Waals surface area contributed by atoms with E-state index in [4.69, 9.17) is 30.5 Å². The Kier molecular flexibility index (Phi) is 9.52. The third-order valence-electron chi connectivity index (χ3n) is 10.6. The fourth-order valence-corrected chi connectivity index (χ4v) is 9.61. The van der Waals surface area contributed by atoms with Gasteiger partial charge in [0, 0.05) is 34.6 Å². The number of nitrogens with zero attached hydrogens (tertiary/aromatic N) is 3. The van der Waals surface area contributed by atoms with Crippen molar-refractivity contribution in [2.45, 2.75) is 43.7 Å². The zero-order valence-corrected chi connectivity index (χ0v) is 31.7. The molecule has 3 heterocycles. The van der Waals surface area contributed by atoms with Crippen LogP contribution in [0, 0.1) is 16.7 Å². The Bertz CT molecular complexity index is 2460. The highest BCUT2D eigenvalue weighted by Gasteiger charge is 2.69. The molecule has 1 unspecified atom stereocenters. The van der Waals surface area contributed by atoms with E-state index in [2.05, 4.69) is 16.1 Å². The maximum Gasteiger partial charge on any atom is 0.262 e. The monoisotopic (exact) mass is 801 g/mol. The van der Waals surface area contributed by atoms with Crippen molar-refractivity contribution in [3.63, 3.8) is 0 Å². The van der Waals surface area contributed by atoms with Gasteiger partial charge in [0.05, 0.1) is 53.3 Å². The largest absolute Gasteiger partial charge is 0.493 e. The first kappa shape index (κ1) is 37.5. The first-order valence-corrected chi connectivity index (χ1v) is 20.2. The van der Waals surface area contributed by atoms with Gasteiger partial charge in [-0.25, -0.2) is 13.1 Å². The molecule has 1 atom stereocenters. The molecule has 9 rings (SSSR count). The zero-order chi connectivity index (χ0) is 39.4. The molecule has 56 heavy (non-hydrogen) atoms. The van der Waals surface area contributed by atoms with Crippen molar-refractivity contribution >= 4 is 56.2 Å². The van der Waals surface area contributed by atoms with Gasteiger partial charge < -0.3 is 23.5 Å². The van der Waals surface area contributed by atoms with E-state index in [-0.39, 0.29) is 77.7 Å². The van der Waals surface area contributed by atoms with Gasteiger partial charge in [-0.15, -0.1) is 0 Å². The molecule has 3 aromatic carbocycles. The highest BCUT2D eigenvalue weighted by atomic mass is 35.5. The Morgan fingerprint density at radius 1 is 0.911 bits per heavy atom. The highest BCUT2D eigenvalue weighted by molar-refractivity contribution is 7.88. The summed E-state index contributed by atoms with van der Waals surface area (Å²) < 4.78 is 51.3. The van der Waals surface area contributed by atoms with Gasteiger partial charge in [-0.05, 0) is 80.3 Å². The number of carbonyl (C=O) groups is 4. The summed E-state index contributed by atoms with van der Waals surface area (Å²) in [5.41, 5.74) is 1.79. The lowest BCUT2D eigenvalue weighted by atomic mass is 9.40. The van der Waals surface area contributed by atoms with Crippen molar-refractivity contribution in [3.05, 3.63) is 82.5 Å². The Morgan fingerprint density at radius 2 is 1.62 bits per heavy atom. The summed E-state index contributed by atoms with van der Waals surface area (Å²) in [6.07, 6.45) is 5.51. The van der Waals surface area contributed by atoms with Crippen LogP contribution in [-0.4, -0.2) is 92.4 Å². The number of halogens is 1. The minimum Gasteiger partial charge on any atom is -0.493 e. The molecule has 1 saturated heterocycles. The number of hydrogen-bond donors (Lipinski definition) is 2. The molecule has 15 nitrogen and oxygen atoms in total. The van der Waals surface area contributed by atoms with Crippen LogP contribution in [0.5, 0.6) is 17.2 Å². The van der Waals surface area contributed by atoms with Gasteiger partial charge in [0.2, 0.25) is 21.8 Å². The summed E-state index contributed by atoms with van der Waals surface area (Å²) >= 11 is 6.63. The van der Waals surface area contributed by atoms with Crippen LogP contribution in [0.25, 0.3) is 16.6 Å². The van der Waals surface area contributed by atoms with Crippen LogP contribution in [0.4, 0.5) is 0 Å². The van der Waals surface area contributed by atoms with E-state index in [1.165, 1.54) is 18.4 Å². The summed E-state index contributed by atoms with van der Waals surface area (Å²) in [7, 11) is -3.24. The SMILES string of the molecule is CS(=O)(=O)NC12CC(COc3ccc4c(ccn4-c4cc(Cl)c(OCCOCCOc5ccc6c(c5)C(=O)N(C5CCC(=O)NC5=O)C6=O)c(C#N)c4)c3)(C1)C2. The second-order valence-corrected chi connectivity index (χ2v) is 16.9. The Balaban J connectivity index is 0.806. The molecule has 17 heteroatoms. The van der Waals surface area contributed by atoms with Crippen molar-refractivity contribution in [1.29, 1.82) is 5.26 Å². The van der Waals surface area contributed by atoms with E-state index in [1.807, 2.05) is 35.0 Å². The molecule has 4 aromatic rings. The zero-order valence-electron chi connectivity index (χ0n) is 30.1. The predicted molar refractivity (Wildman–Crippen MR) is 200 cm³/mol. The van der Waals surface area contributed by atoms with Crippen LogP contribution >= 0.6 is 11.6 Å². The Morgan fingerprint density at radius 3 is 2.36 bits per heavy atom. The van der Waals surface area contributed by atoms with E-state index < -0.39 is 39.7 Å². The normalized spacial score (nSPS) is 22.6. The number of imide groups is 2. The second kappa shape index (κ2) is 14.2. The van der Waals surface area contributed by atoms with Crippen LogP contribution < -0.4 is 24.2 Å². The number of sulfonamides is 1. The Hall–Kier alpha value is -5.47. The van der Waals surface area contributed by atoms with Gasteiger partial charge in [-0.2, -0.15) is 5.26 Å². The van der Waals surface area contributed by atoms with Crippen molar-refractivity contribution in [1.82, 2.24) is 19.5 Å². The molecule has 0 spiro atoms. The lowest BCUT2D eigenvalue weighted by Gasteiger charge is -2.69. The number of aromatic nitrogens is 1. The van der Waals surface area contributed by atoms with Crippen molar-refractivity contribution < 1.29 is 46.5 Å². The number of ether oxygens (including phenoxy) is 4. The van der Waals surface area contributed by atoms with E-state index in [0.717, 1.165) is 40.8 Å². The van der Waals surface area contributed by atoms with Gasteiger partial charge in [0.25, 0.3) is 11.8 Å². The molecule has 2 N–H and O–H groups in total. The van der Waals surface area contributed by atoms with Crippen molar-refractivity contribution in [2.75, 3.05) is 39.3 Å². The average molecular weight is 802 g/mol. The Labute approximate surface area is 326 Å². The van der Waals surface area contributed by atoms with E-state index in [1.54, 1.807) is 18.2 Å². The molecule has 0 radical (unpaired) electrons. The van der Waals surface area contributed by atoms with Crippen molar-refractivity contribution in [3.8, 4) is 29.0 Å². The van der Waals surface area contributed by atoms with Gasteiger partial charge in [-0.1, -0.05) is 11.6 Å². The maximum atomic E-state index is 13.0. The number of fused-ring (bicyclic) bond motifs is 2. The second-order valence-electron chi connectivity index (χ2n) is 14.8. The molecular weight excluding hydrogens is 766 g/mol. The maximum absolute atomic E-state index is 13.0. The molecule has 4 amide bonds. The van der Waals surface area contributed by atoms with Crippen LogP contribution in [0.3, 0.4) is 0 Å². The van der Waals surface area contributed by atoms with Crippen LogP contribution in [0.15, 0.2) is 60.8 Å². The number of nitriles is 1. The highest BCUT2D eigenvalue weighted by Crippen LogP contribution is 2.67. The van der Waals surface area contributed by atoms with Gasteiger partial charge in [0.1, 0.15) is 36.8 Å². The summed E-state index contributed by atoms with van der Waals surface area (Å²) in [5.74, 6) is -1.05. The van der Waals surface area contributed by atoms with E-state index in [9.17, 15) is 32.9 Å². The van der Waals surface area contributed by atoms with Crippen molar-refractivity contribution in [2.24, 2.45) is 5.41 Å². The molecule has 2 aliphatic heterocycles. The quantitative estimate of drug-likeness (QED) is 0.131. The molecule has 5 aliphatic rings. The number of benzene rings is 3. The topological polar surface area (TPSA) is 195 Å². The lowest BCUT2D eigenvalue weighted by molar-refractivity contribution is -0.162. The van der Waals surface area contributed by atoms with E-state index >= 15 is 0 Å². The number of amides is 4. The van der Waals surface area contributed by atoms with Crippen LogP contribution in [-0.2, 0) is 24.3 Å². The molecule has 290 valence electrons. The van der Waals surface area contributed by atoms with Gasteiger partial charge in [-0.3, -0.25) is 29.4 Å².